The SMILES string of the molecule is COc1cc(CC(C)=O)ccc1OCCCCl. The van der Waals surface area contributed by atoms with Crippen molar-refractivity contribution in [3.8, 4) is 11.5 Å². The molecule has 0 radical (unpaired) electrons. The molecule has 1 rings (SSSR count). The van der Waals surface area contributed by atoms with Crippen molar-refractivity contribution >= 4 is 17.4 Å². The lowest BCUT2D eigenvalue weighted by Gasteiger charge is -2.11. The van der Waals surface area contributed by atoms with Gasteiger partial charge < -0.3 is 9.47 Å². The lowest BCUT2D eigenvalue weighted by atomic mass is 10.1. The lowest BCUT2D eigenvalue weighted by Crippen LogP contribution is -2.01. The maximum Gasteiger partial charge on any atom is 0.161 e. The summed E-state index contributed by atoms with van der Waals surface area (Å²) in [7, 11) is 1.58. The van der Waals surface area contributed by atoms with Gasteiger partial charge in [0.25, 0.3) is 0 Å². The second-order valence-corrected chi connectivity index (χ2v) is 4.13. The van der Waals surface area contributed by atoms with Crippen LogP contribution < -0.4 is 9.47 Å². The monoisotopic (exact) mass is 256 g/mol. The Morgan fingerprint density at radius 1 is 1.35 bits per heavy atom. The maximum absolute atomic E-state index is 11.0. The van der Waals surface area contributed by atoms with Crippen molar-refractivity contribution in [3.05, 3.63) is 23.8 Å². The summed E-state index contributed by atoms with van der Waals surface area (Å²) in [5, 5.41) is 0. The van der Waals surface area contributed by atoms with Gasteiger partial charge in [-0.15, -0.1) is 11.6 Å². The Morgan fingerprint density at radius 3 is 2.71 bits per heavy atom. The molecule has 0 fully saturated rings. The number of hydrogen-bond donors (Lipinski definition) is 0. The van der Waals surface area contributed by atoms with Crippen LogP contribution in [0.5, 0.6) is 11.5 Å². The summed E-state index contributed by atoms with van der Waals surface area (Å²) >= 11 is 5.58. The number of hydrogen-bond acceptors (Lipinski definition) is 3. The molecule has 0 aromatic heterocycles. The molecule has 0 aliphatic carbocycles. The predicted molar refractivity (Wildman–Crippen MR) is 68.2 cm³/mol. The van der Waals surface area contributed by atoms with Crippen LogP contribution in [0.3, 0.4) is 0 Å². The van der Waals surface area contributed by atoms with E-state index in [0.717, 1.165) is 12.0 Å². The summed E-state index contributed by atoms with van der Waals surface area (Å²) in [6.07, 6.45) is 1.21. The molecule has 0 atom stereocenters. The Kier molecular flexibility index (Phi) is 5.84. The first-order chi connectivity index (χ1) is 8.17. The molecule has 0 amide bonds. The summed E-state index contributed by atoms with van der Waals surface area (Å²) in [5.74, 6) is 2.04. The molecule has 3 nitrogen and oxygen atoms in total. The highest BCUT2D eigenvalue weighted by Gasteiger charge is 2.06. The molecular weight excluding hydrogens is 240 g/mol. The number of ketones is 1. The van der Waals surface area contributed by atoms with Crippen molar-refractivity contribution in [3.63, 3.8) is 0 Å². The van der Waals surface area contributed by atoms with E-state index < -0.39 is 0 Å². The number of Topliss-reactive ketones (excluding diaryl/α,β-unsaturated/α-hetero) is 1. The fourth-order valence-electron chi connectivity index (χ4n) is 1.47. The molecule has 4 heteroatoms. The number of carbonyl (C=O) groups excluding carboxylic acids is 1. The van der Waals surface area contributed by atoms with E-state index >= 15 is 0 Å². The van der Waals surface area contributed by atoms with Crippen LogP contribution in [0.4, 0.5) is 0 Å². The van der Waals surface area contributed by atoms with Crippen molar-refractivity contribution in [2.24, 2.45) is 0 Å². The quantitative estimate of drug-likeness (QED) is 0.556. The van der Waals surface area contributed by atoms with Gasteiger partial charge in [-0.3, -0.25) is 4.79 Å². The first kappa shape index (κ1) is 13.8. The summed E-state index contributed by atoms with van der Waals surface area (Å²) in [6, 6.07) is 5.53. The summed E-state index contributed by atoms with van der Waals surface area (Å²) < 4.78 is 10.8. The smallest absolute Gasteiger partial charge is 0.161 e. The van der Waals surface area contributed by atoms with Gasteiger partial charge in [-0.25, -0.2) is 0 Å². The van der Waals surface area contributed by atoms with E-state index in [1.807, 2.05) is 18.2 Å². The molecule has 17 heavy (non-hydrogen) atoms. The molecule has 0 unspecified atom stereocenters. The molecule has 0 N–H and O–H groups in total. The van der Waals surface area contributed by atoms with Gasteiger partial charge in [0, 0.05) is 12.3 Å². The molecule has 1 aromatic carbocycles. The molecule has 0 heterocycles. The van der Waals surface area contributed by atoms with E-state index in [1.165, 1.54) is 0 Å². The zero-order valence-electron chi connectivity index (χ0n) is 10.2. The average Bonchev–Trinajstić information content (AvgIpc) is 2.30. The number of alkyl halides is 1. The normalized spacial score (nSPS) is 10.1. The molecule has 0 bridgehead atoms. The number of ether oxygens (including phenoxy) is 2. The van der Waals surface area contributed by atoms with Gasteiger partial charge in [0.05, 0.1) is 13.7 Å². The number of methoxy groups -OCH3 is 1. The minimum Gasteiger partial charge on any atom is -0.493 e. The minimum atomic E-state index is 0.128. The highest BCUT2D eigenvalue weighted by atomic mass is 35.5. The fraction of sp³-hybridized carbons (Fsp3) is 0.462. The van der Waals surface area contributed by atoms with E-state index in [-0.39, 0.29) is 5.78 Å². The van der Waals surface area contributed by atoms with Gasteiger partial charge in [0.15, 0.2) is 11.5 Å². The molecule has 94 valence electrons. The number of rotatable bonds is 7. The predicted octanol–water partition coefficient (Wildman–Crippen LogP) is 2.83. The molecule has 0 aliphatic rings. The molecule has 1 aromatic rings. The third-order valence-corrected chi connectivity index (χ3v) is 2.48. The van der Waals surface area contributed by atoms with Crippen LogP contribution in [0.1, 0.15) is 18.9 Å². The van der Waals surface area contributed by atoms with Gasteiger partial charge in [-0.05, 0) is 31.0 Å². The van der Waals surface area contributed by atoms with Crippen LogP contribution in [-0.2, 0) is 11.2 Å². The van der Waals surface area contributed by atoms with Gasteiger partial charge in [0.1, 0.15) is 5.78 Å². The van der Waals surface area contributed by atoms with Crippen molar-refractivity contribution in [2.75, 3.05) is 19.6 Å². The number of carbonyl (C=O) groups is 1. The van der Waals surface area contributed by atoms with Crippen molar-refractivity contribution in [2.45, 2.75) is 19.8 Å². The highest BCUT2D eigenvalue weighted by molar-refractivity contribution is 6.17. The standard InChI is InChI=1S/C13H17ClO3/c1-10(15)8-11-4-5-12(13(9-11)16-2)17-7-3-6-14/h4-5,9H,3,6-8H2,1-2H3. The maximum atomic E-state index is 11.0. The zero-order valence-corrected chi connectivity index (χ0v) is 10.9. The molecule has 0 aliphatic heterocycles. The van der Waals surface area contributed by atoms with Crippen LogP contribution in [0, 0.1) is 0 Å². The third-order valence-electron chi connectivity index (χ3n) is 2.22. The van der Waals surface area contributed by atoms with Gasteiger partial charge in [0.2, 0.25) is 0 Å². The second-order valence-electron chi connectivity index (χ2n) is 3.76. The van der Waals surface area contributed by atoms with E-state index in [9.17, 15) is 4.79 Å². The highest BCUT2D eigenvalue weighted by Crippen LogP contribution is 2.28. The zero-order chi connectivity index (χ0) is 12.7. The van der Waals surface area contributed by atoms with E-state index in [1.54, 1.807) is 14.0 Å². The van der Waals surface area contributed by atoms with E-state index in [2.05, 4.69) is 0 Å². The van der Waals surface area contributed by atoms with Gasteiger partial charge in [-0.2, -0.15) is 0 Å². The Labute approximate surface area is 107 Å². The van der Waals surface area contributed by atoms with E-state index in [4.69, 9.17) is 21.1 Å². The minimum absolute atomic E-state index is 0.128. The lowest BCUT2D eigenvalue weighted by molar-refractivity contribution is -0.116. The van der Waals surface area contributed by atoms with Crippen LogP contribution in [0.25, 0.3) is 0 Å². The molecule has 0 spiro atoms. The van der Waals surface area contributed by atoms with Crippen molar-refractivity contribution in [1.82, 2.24) is 0 Å². The number of benzene rings is 1. The summed E-state index contributed by atoms with van der Waals surface area (Å²) in [6.45, 7) is 2.13. The Balaban J connectivity index is 2.74. The summed E-state index contributed by atoms with van der Waals surface area (Å²) in [4.78, 5) is 11.0. The fourth-order valence-corrected chi connectivity index (χ4v) is 1.57. The Morgan fingerprint density at radius 2 is 2.12 bits per heavy atom. The van der Waals surface area contributed by atoms with Gasteiger partial charge in [-0.1, -0.05) is 6.07 Å². The molecule has 0 saturated carbocycles. The van der Waals surface area contributed by atoms with Crippen molar-refractivity contribution < 1.29 is 14.3 Å². The summed E-state index contributed by atoms with van der Waals surface area (Å²) in [5.41, 5.74) is 0.930. The van der Waals surface area contributed by atoms with E-state index in [0.29, 0.717) is 30.4 Å². The van der Waals surface area contributed by atoms with Crippen LogP contribution in [-0.4, -0.2) is 25.4 Å². The largest absolute Gasteiger partial charge is 0.493 e. The van der Waals surface area contributed by atoms with Crippen LogP contribution in [0.15, 0.2) is 18.2 Å². The number of halogens is 1. The Hall–Kier alpha value is -1.22. The first-order valence-electron chi connectivity index (χ1n) is 5.52. The van der Waals surface area contributed by atoms with Gasteiger partial charge >= 0.3 is 0 Å². The Bertz CT molecular complexity index is 377. The first-order valence-corrected chi connectivity index (χ1v) is 6.06. The molecule has 0 saturated heterocycles. The topological polar surface area (TPSA) is 35.5 Å². The van der Waals surface area contributed by atoms with Crippen LogP contribution in [0.2, 0.25) is 0 Å². The molecular formula is C13H17ClO3. The van der Waals surface area contributed by atoms with Crippen LogP contribution >= 0.6 is 11.6 Å². The van der Waals surface area contributed by atoms with Crippen molar-refractivity contribution in [1.29, 1.82) is 0 Å². The average molecular weight is 257 g/mol. The second kappa shape index (κ2) is 7.17. The third kappa shape index (κ3) is 4.65.